The van der Waals surface area contributed by atoms with E-state index < -0.39 is 0 Å². The average Bonchev–Trinajstić information content (AvgIpc) is 3.15. The number of benzene rings is 1. The van der Waals surface area contributed by atoms with Crippen LogP contribution in [0.1, 0.15) is 55.3 Å². The lowest BCUT2D eigenvalue weighted by Crippen LogP contribution is -2.54. The van der Waals surface area contributed by atoms with Crippen molar-refractivity contribution in [2.75, 3.05) is 4.90 Å². The highest BCUT2D eigenvalue weighted by Gasteiger charge is 2.56. The van der Waals surface area contributed by atoms with Gasteiger partial charge >= 0.3 is 0 Å². The van der Waals surface area contributed by atoms with Crippen molar-refractivity contribution < 1.29 is 4.79 Å². The minimum Gasteiger partial charge on any atom is -0.282 e. The Bertz CT molecular complexity index is 1120. The van der Waals surface area contributed by atoms with Gasteiger partial charge in [0.05, 0.1) is 27.9 Å². The third-order valence-electron chi connectivity index (χ3n) is 7.82. The summed E-state index contributed by atoms with van der Waals surface area (Å²) in [5.41, 5.74) is 4.19. The van der Waals surface area contributed by atoms with Crippen molar-refractivity contribution in [1.82, 2.24) is 9.97 Å². The Hall–Kier alpha value is -2.27. The molecule has 0 unspecified atom stereocenters. The van der Waals surface area contributed by atoms with E-state index in [4.69, 9.17) is 4.98 Å². The van der Waals surface area contributed by atoms with Crippen LogP contribution in [0.4, 0.5) is 5.13 Å². The van der Waals surface area contributed by atoms with Crippen LogP contribution in [-0.2, 0) is 11.3 Å². The number of fused-ring (bicyclic) bond motifs is 1. The van der Waals surface area contributed by atoms with Crippen molar-refractivity contribution in [3.8, 4) is 0 Å². The third kappa shape index (κ3) is 3.29. The van der Waals surface area contributed by atoms with Gasteiger partial charge in [-0.15, -0.1) is 0 Å². The van der Waals surface area contributed by atoms with E-state index in [0.29, 0.717) is 12.5 Å². The third-order valence-corrected chi connectivity index (χ3v) is 9.05. The minimum atomic E-state index is -0.188. The molecular weight excluding hydrogens is 402 g/mol. The lowest BCUT2D eigenvalue weighted by atomic mass is 9.49. The minimum absolute atomic E-state index is 0.188. The highest BCUT2D eigenvalue weighted by atomic mass is 32.1. The van der Waals surface area contributed by atoms with Crippen LogP contribution in [0.3, 0.4) is 0 Å². The lowest BCUT2D eigenvalue weighted by Gasteiger charge is -2.56. The molecule has 1 aromatic carbocycles. The molecule has 0 N–H and O–H groups in total. The number of hydrogen-bond donors (Lipinski definition) is 0. The fraction of sp³-hybridized carbons (Fsp3) is 0.500. The monoisotopic (exact) mass is 431 g/mol. The second kappa shape index (κ2) is 7.13. The molecule has 0 spiro atoms. The second-order valence-electron chi connectivity index (χ2n) is 10.3. The van der Waals surface area contributed by atoms with Gasteiger partial charge < -0.3 is 0 Å². The summed E-state index contributed by atoms with van der Waals surface area (Å²) in [5, 5.41) is 0.829. The molecule has 4 fully saturated rings. The summed E-state index contributed by atoms with van der Waals surface area (Å²) in [6.45, 7) is 4.75. The van der Waals surface area contributed by atoms with E-state index in [2.05, 4.69) is 31.0 Å². The van der Waals surface area contributed by atoms with Crippen LogP contribution in [0.25, 0.3) is 10.2 Å². The number of aromatic nitrogens is 2. The topological polar surface area (TPSA) is 46.1 Å². The first-order chi connectivity index (χ1) is 15.0. The van der Waals surface area contributed by atoms with Crippen LogP contribution < -0.4 is 4.90 Å². The van der Waals surface area contributed by atoms with Crippen molar-refractivity contribution >= 4 is 32.6 Å². The normalized spacial score (nSPS) is 28.9. The summed E-state index contributed by atoms with van der Waals surface area (Å²) in [6.07, 6.45) is 9.04. The van der Waals surface area contributed by atoms with E-state index in [1.165, 1.54) is 35.1 Å². The number of carbonyl (C=O) groups excluding carboxylic acids is 1. The molecule has 0 aliphatic heterocycles. The smallest absolute Gasteiger partial charge is 0.235 e. The molecule has 4 saturated carbocycles. The predicted octanol–water partition coefficient (Wildman–Crippen LogP) is 6.06. The fourth-order valence-electron chi connectivity index (χ4n) is 7.02. The van der Waals surface area contributed by atoms with Crippen LogP contribution in [0.2, 0.25) is 0 Å². The van der Waals surface area contributed by atoms with E-state index in [-0.39, 0.29) is 5.41 Å². The number of pyridine rings is 1. The molecule has 0 radical (unpaired) electrons. The van der Waals surface area contributed by atoms with Gasteiger partial charge in [-0.3, -0.25) is 14.7 Å². The molecule has 0 atom stereocenters. The Balaban J connectivity index is 1.42. The molecular formula is C26H29N3OS. The lowest BCUT2D eigenvalue weighted by molar-refractivity contribution is -0.143. The van der Waals surface area contributed by atoms with E-state index in [0.717, 1.165) is 53.4 Å². The Morgan fingerprint density at radius 1 is 1.10 bits per heavy atom. The Labute approximate surface area is 187 Å². The van der Waals surface area contributed by atoms with Crippen LogP contribution in [0.15, 0.2) is 36.5 Å². The van der Waals surface area contributed by atoms with Crippen LogP contribution in [0.5, 0.6) is 0 Å². The summed E-state index contributed by atoms with van der Waals surface area (Å²) >= 11 is 1.66. The van der Waals surface area contributed by atoms with Crippen LogP contribution >= 0.6 is 11.3 Å². The molecule has 5 heteroatoms. The molecule has 4 aliphatic rings. The zero-order chi connectivity index (χ0) is 21.2. The molecule has 4 nitrogen and oxygen atoms in total. The molecule has 0 saturated heterocycles. The van der Waals surface area contributed by atoms with Crippen molar-refractivity contribution in [2.45, 2.75) is 58.9 Å². The number of hydrogen-bond acceptors (Lipinski definition) is 4. The summed E-state index contributed by atoms with van der Waals surface area (Å²) < 4.78 is 1.19. The van der Waals surface area contributed by atoms with Gasteiger partial charge in [-0.25, -0.2) is 4.98 Å². The molecule has 2 heterocycles. The summed E-state index contributed by atoms with van der Waals surface area (Å²) in [6, 6.07) is 10.3. The van der Waals surface area contributed by atoms with E-state index in [1.807, 2.05) is 29.3 Å². The Morgan fingerprint density at radius 2 is 1.81 bits per heavy atom. The van der Waals surface area contributed by atoms with E-state index in [9.17, 15) is 4.79 Å². The molecule has 2 aromatic heterocycles. The fourth-order valence-corrected chi connectivity index (χ4v) is 8.03. The number of rotatable bonds is 4. The SMILES string of the molecule is Cc1cc(C)c2sc(N(Cc3ccccn3)C(=O)C34CC5CC(CC(C5)C3)C4)nc2c1. The van der Waals surface area contributed by atoms with Crippen LogP contribution in [0, 0.1) is 37.0 Å². The Kier molecular flexibility index (Phi) is 4.46. The number of aryl methyl sites for hydroxylation is 2. The molecule has 31 heavy (non-hydrogen) atoms. The second-order valence-corrected chi connectivity index (χ2v) is 11.3. The van der Waals surface area contributed by atoms with Crippen molar-refractivity contribution in [2.24, 2.45) is 23.2 Å². The first-order valence-electron chi connectivity index (χ1n) is 11.6. The zero-order valence-corrected chi connectivity index (χ0v) is 19.1. The van der Waals surface area contributed by atoms with E-state index >= 15 is 0 Å². The molecule has 7 rings (SSSR count). The van der Waals surface area contributed by atoms with Gasteiger partial charge in [0.25, 0.3) is 0 Å². The number of nitrogens with zero attached hydrogens (tertiary/aromatic N) is 3. The maximum Gasteiger partial charge on any atom is 0.235 e. The highest BCUT2D eigenvalue weighted by molar-refractivity contribution is 7.22. The molecule has 1 amide bonds. The molecule has 160 valence electrons. The van der Waals surface area contributed by atoms with Crippen molar-refractivity contribution in [1.29, 1.82) is 0 Å². The van der Waals surface area contributed by atoms with Gasteiger partial charge in [-0.05, 0) is 99.5 Å². The standard InChI is InChI=1S/C26H29N3OS/c1-16-7-17(2)23-22(8-16)28-25(31-23)29(15-21-5-3-4-6-27-21)24(30)26-12-18-9-19(13-26)11-20(10-18)14-26/h3-8,18-20H,9-15H2,1-2H3. The molecule has 4 aliphatic carbocycles. The van der Waals surface area contributed by atoms with Crippen molar-refractivity contribution in [3.63, 3.8) is 0 Å². The average molecular weight is 432 g/mol. The largest absolute Gasteiger partial charge is 0.282 e. The maximum atomic E-state index is 14.3. The predicted molar refractivity (Wildman–Crippen MR) is 125 cm³/mol. The molecule has 4 bridgehead atoms. The Morgan fingerprint density at radius 3 is 2.45 bits per heavy atom. The van der Waals surface area contributed by atoms with Gasteiger partial charge in [0.2, 0.25) is 5.91 Å². The van der Waals surface area contributed by atoms with Crippen molar-refractivity contribution in [3.05, 3.63) is 53.3 Å². The highest BCUT2D eigenvalue weighted by Crippen LogP contribution is 2.61. The summed E-state index contributed by atoms with van der Waals surface area (Å²) in [7, 11) is 0. The zero-order valence-electron chi connectivity index (χ0n) is 18.3. The maximum absolute atomic E-state index is 14.3. The first kappa shape index (κ1) is 19.4. The van der Waals surface area contributed by atoms with Gasteiger partial charge in [0, 0.05) is 6.20 Å². The summed E-state index contributed by atoms with van der Waals surface area (Å²) in [5.74, 6) is 2.53. The van der Waals surface area contributed by atoms with E-state index in [1.54, 1.807) is 11.3 Å². The van der Waals surface area contributed by atoms with Gasteiger partial charge in [0.1, 0.15) is 0 Å². The number of amides is 1. The van der Waals surface area contributed by atoms with Gasteiger partial charge in [0.15, 0.2) is 5.13 Å². The van der Waals surface area contributed by atoms with Crippen LogP contribution in [-0.4, -0.2) is 15.9 Å². The van der Waals surface area contributed by atoms with Gasteiger partial charge in [-0.2, -0.15) is 0 Å². The first-order valence-corrected chi connectivity index (χ1v) is 12.4. The number of thiazole rings is 1. The summed E-state index contributed by atoms with van der Waals surface area (Å²) in [4.78, 5) is 25.8. The quantitative estimate of drug-likeness (QED) is 0.504. The number of carbonyl (C=O) groups is 1. The number of anilines is 1. The molecule has 3 aromatic rings. The van der Waals surface area contributed by atoms with Gasteiger partial charge in [-0.1, -0.05) is 23.5 Å².